The molecule has 1 atom stereocenters. The molecule has 2 nitrogen and oxygen atoms in total. The molecule has 0 fully saturated rings. The Morgan fingerprint density at radius 2 is 2.33 bits per heavy atom. The van der Waals surface area contributed by atoms with Gasteiger partial charge in [0.05, 0.1) is 6.07 Å². The Hall–Kier alpha value is -0.200. The Morgan fingerprint density at radius 3 is 2.67 bits per heavy atom. The first kappa shape index (κ1) is 8.80. The zero-order valence-corrected chi connectivity index (χ0v) is 6.66. The van der Waals surface area contributed by atoms with Gasteiger partial charge < -0.3 is 5.73 Å². The van der Waals surface area contributed by atoms with Crippen molar-refractivity contribution >= 4 is 11.8 Å². The van der Waals surface area contributed by atoms with Crippen LogP contribution < -0.4 is 5.73 Å². The van der Waals surface area contributed by atoms with Crippen LogP contribution in [0.4, 0.5) is 0 Å². The minimum Gasteiger partial charge on any atom is -0.313 e. The molecule has 3 heteroatoms. The highest BCUT2D eigenvalue weighted by Gasteiger charge is 2.15. The summed E-state index contributed by atoms with van der Waals surface area (Å²) in [4.78, 5) is 0. The van der Waals surface area contributed by atoms with E-state index in [2.05, 4.69) is 6.92 Å². The topological polar surface area (TPSA) is 49.8 Å². The third-order valence-corrected chi connectivity index (χ3v) is 2.07. The molecule has 0 aliphatic carbocycles. The van der Waals surface area contributed by atoms with Crippen LogP contribution in [0.15, 0.2) is 0 Å². The summed E-state index contributed by atoms with van der Waals surface area (Å²) in [5.41, 5.74) is 4.88. The van der Waals surface area contributed by atoms with Crippen molar-refractivity contribution in [3.8, 4) is 6.07 Å². The van der Waals surface area contributed by atoms with Crippen LogP contribution in [-0.4, -0.2) is 17.0 Å². The van der Waals surface area contributed by atoms with E-state index in [4.69, 9.17) is 11.0 Å². The summed E-state index contributed by atoms with van der Waals surface area (Å²) in [6.07, 6.45) is 0. The number of hydrogen-bond acceptors (Lipinski definition) is 3. The van der Waals surface area contributed by atoms with Crippen LogP contribution in [0.1, 0.15) is 13.8 Å². The second-order valence-corrected chi connectivity index (χ2v) is 3.44. The largest absolute Gasteiger partial charge is 0.313 e. The number of nitrogens with zero attached hydrogens (tertiary/aromatic N) is 1. The molecule has 0 rings (SSSR count). The van der Waals surface area contributed by atoms with Gasteiger partial charge in [0.25, 0.3) is 0 Å². The third-order valence-electron chi connectivity index (χ3n) is 0.861. The van der Waals surface area contributed by atoms with Gasteiger partial charge in [-0.3, -0.25) is 0 Å². The fraction of sp³-hybridized carbons (Fsp3) is 0.833. The lowest BCUT2D eigenvalue weighted by Crippen LogP contribution is -2.36. The van der Waals surface area contributed by atoms with Crippen molar-refractivity contribution in [3.05, 3.63) is 0 Å². The van der Waals surface area contributed by atoms with Gasteiger partial charge >= 0.3 is 0 Å². The maximum absolute atomic E-state index is 8.43. The number of hydrogen-bond donors (Lipinski definition) is 1. The van der Waals surface area contributed by atoms with Crippen molar-refractivity contribution < 1.29 is 0 Å². The molecular formula is C6H12N2S. The molecule has 0 amide bonds. The van der Waals surface area contributed by atoms with E-state index in [1.165, 1.54) is 0 Å². The number of rotatable bonds is 3. The quantitative estimate of drug-likeness (QED) is 0.642. The Morgan fingerprint density at radius 1 is 1.78 bits per heavy atom. The number of thioether (sulfide) groups is 1. The van der Waals surface area contributed by atoms with E-state index in [1.54, 1.807) is 18.7 Å². The van der Waals surface area contributed by atoms with E-state index >= 15 is 0 Å². The smallest absolute Gasteiger partial charge is 0.110 e. The molecule has 52 valence electrons. The van der Waals surface area contributed by atoms with E-state index in [9.17, 15) is 0 Å². The van der Waals surface area contributed by atoms with Crippen LogP contribution in [0.5, 0.6) is 0 Å². The molecule has 0 aromatic heterocycles. The maximum Gasteiger partial charge on any atom is 0.110 e. The fourth-order valence-corrected chi connectivity index (χ4v) is 1.04. The third kappa shape index (κ3) is 4.31. The summed E-state index contributed by atoms with van der Waals surface area (Å²) in [6.45, 7) is 3.80. The Balaban J connectivity index is 3.49. The zero-order chi connectivity index (χ0) is 7.33. The van der Waals surface area contributed by atoms with Crippen molar-refractivity contribution in [1.29, 1.82) is 5.26 Å². The van der Waals surface area contributed by atoms with Crippen LogP contribution in [0.3, 0.4) is 0 Å². The van der Waals surface area contributed by atoms with Gasteiger partial charge in [0.2, 0.25) is 0 Å². The monoisotopic (exact) mass is 144 g/mol. The van der Waals surface area contributed by atoms with E-state index in [0.717, 1.165) is 11.5 Å². The Kier molecular flexibility index (Phi) is 3.67. The van der Waals surface area contributed by atoms with Crippen LogP contribution in [0.25, 0.3) is 0 Å². The van der Waals surface area contributed by atoms with Gasteiger partial charge in [-0.25, -0.2) is 0 Å². The molecule has 0 aliphatic rings. The molecule has 0 spiro atoms. The summed E-state index contributed by atoms with van der Waals surface area (Å²) in [7, 11) is 0. The van der Waals surface area contributed by atoms with Crippen LogP contribution in [0.2, 0.25) is 0 Å². The van der Waals surface area contributed by atoms with Gasteiger partial charge in [0, 0.05) is 5.75 Å². The molecule has 2 N–H and O–H groups in total. The molecule has 0 heterocycles. The van der Waals surface area contributed by atoms with Gasteiger partial charge in [-0.15, -0.1) is 0 Å². The molecule has 0 aromatic rings. The highest BCUT2D eigenvalue weighted by molar-refractivity contribution is 7.99. The van der Waals surface area contributed by atoms with Crippen molar-refractivity contribution in [3.63, 3.8) is 0 Å². The summed E-state index contributed by atoms with van der Waals surface area (Å²) >= 11 is 1.69. The number of nitrogens with two attached hydrogens (primary N) is 1. The highest BCUT2D eigenvalue weighted by Crippen LogP contribution is 2.07. The Labute approximate surface area is 60.4 Å². The first-order chi connectivity index (χ1) is 4.12. The molecule has 9 heavy (non-hydrogen) atoms. The van der Waals surface area contributed by atoms with Crippen LogP contribution in [0, 0.1) is 11.3 Å². The molecule has 0 bridgehead atoms. The minimum atomic E-state index is -0.638. The predicted octanol–water partition coefficient (Wildman–Crippen LogP) is 0.980. The average molecular weight is 144 g/mol. The fourth-order valence-electron chi connectivity index (χ4n) is 0.346. The van der Waals surface area contributed by atoms with Crippen molar-refractivity contribution in [2.24, 2.45) is 5.73 Å². The van der Waals surface area contributed by atoms with E-state index < -0.39 is 5.54 Å². The Bertz CT molecular complexity index is 115. The van der Waals surface area contributed by atoms with Gasteiger partial charge in [-0.05, 0) is 12.7 Å². The summed E-state index contributed by atoms with van der Waals surface area (Å²) in [5.74, 6) is 1.74. The first-order valence-electron chi connectivity index (χ1n) is 2.90. The molecule has 0 aliphatic heterocycles. The predicted molar refractivity (Wildman–Crippen MR) is 41.2 cm³/mol. The van der Waals surface area contributed by atoms with Crippen molar-refractivity contribution in [2.45, 2.75) is 19.4 Å². The molecule has 0 aromatic carbocycles. The van der Waals surface area contributed by atoms with Gasteiger partial charge in [0.1, 0.15) is 5.54 Å². The van der Waals surface area contributed by atoms with Crippen molar-refractivity contribution in [2.75, 3.05) is 11.5 Å². The van der Waals surface area contributed by atoms with E-state index in [0.29, 0.717) is 0 Å². The minimum absolute atomic E-state index is 0.638. The van der Waals surface area contributed by atoms with Gasteiger partial charge in [-0.2, -0.15) is 17.0 Å². The maximum atomic E-state index is 8.43. The van der Waals surface area contributed by atoms with Gasteiger partial charge in [-0.1, -0.05) is 6.92 Å². The van der Waals surface area contributed by atoms with Crippen LogP contribution >= 0.6 is 11.8 Å². The summed E-state index contributed by atoms with van der Waals surface area (Å²) in [6, 6.07) is 2.03. The van der Waals surface area contributed by atoms with E-state index in [-0.39, 0.29) is 0 Å². The first-order valence-corrected chi connectivity index (χ1v) is 4.05. The number of nitriles is 1. The SMILES string of the molecule is CCSCC(C)(N)C#N. The lowest BCUT2D eigenvalue weighted by Gasteiger charge is -2.12. The normalized spacial score (nSPS) is 16.2. The zero-order valence-electron chi connectivity index (χ0n) is 5.85. The molecule has 0 saturated carbocycles. The summed E-state index contributed by atoms with van der Waals surface area (Å²) < 4.78 is 0. The molecule has 0 radical (unpaired) electrons. The lowest BCUT2D eigenvalue weighted by atomic mass is 10.1. The van der Waals surface area contributed by atoms with E-state index in [1.807, 2.05) is 6.07 Å². The van der Waals surface area contributed by atoms with Gasteiger partial charge in [0.15, 0.2) is 0 Å². The molecule has 0 saturated heterocycles. The molecular weight excluding hydrogens is 132 g/mol. The standard InChI is InChI=1S/C6H12N2S/c1-3-9-5-6(2,8)4-7/h3,5,8H2,1-2H3. The molecule has 1 unspecified atom stereocenters. The summed E-state index contributed by atoms with van der Waals surface area (Å²) in [5, 5.41) is 8.43. The second kappa shape index (κ2) is 3.76. The van der Waals surface area contributed by atoms with Crippen molar-refractivity contribution in [1.82, 2.24) is 0 Å². The van der Waals surface area contributed by atoms with Crippen LogP contribution in [-0.2, 0) is 0 Å². The lowest BCUT2D eigenvalue weighted by molar-refractivity contribution is 0.682. The average Bonchev–Trinajstić information content (AvgIpc) is 1.84. The highest BCUT2D eigenvalue weighted by atomic mass is 32.2. The second-order valence-electron chi connectivity index (χ2n) is 2.17.